The second-order valence-electron chi connectivity index (χ2n) is 8.48. The number of amides is 3. The summed E-state index contributed by atoms with van der Waals surface area (Å²) in [7, 11) is 0. The Balaban J connectivity index is 1.46. The van der Waals surface area contributed by atoms with Gasteiger partial charge in [0, 0.05) is 44.3 Å². The Morgan fingerprint density at radius 3 is 2.30 bits per heavy atom. The second-order valence-corrected chi connectivity index (χ2v) is 8.48. The quantitative estimate of drug-likeness (QED) is 0.746. The zero-order valence-corrected chi connectivity index (χ0v) is 17.6. The molecule has 0 bridgehead atoms. The van der Waals surface area contributed by atoms with Crippen molar-refractivity contribution < 1.29 is 9.59 Å². The Bertz CT molecular complexity index is 881. The summed E-state index contributed by atoms with van der Waals surface area (Å²) < 4.78 is 0. The summed E-state index contributed by atoms with van der Waals surface area (Å²) in [6.45, 7) is 7.76. The zero-order chi connectivity index (χ0) is 21.1. The number of aromatic nitrogens is 1. The normalized spacial score (nSPS) is 22.6. The minimum absolute atomic E-state index is 0.149. The zero-order valence-electron chi connectivity index (χ0n) is 17.6. The van der Waals surface area contributed by atoms with E-state index >= 15 is 0 Å². The number of urea groups is 1. The van der Waals surface area contributed by atoms with Crippen molar-refractivity contribution in [3.05, 3.63) is 60.4 Å². The maximum Gasteiger partial charge on any atom is 0.326 e. The van der Waals surface area contributed by atoms with E-state index in [0.29, 0.717) is 13.1 Å². The van der Waals surface area contributed by atoms with Crippen LogP contribution >= 0.6 is 0 Å². The van der Waals surface area contributed by atoms with Gasteiger partial charge in [-0.3, -0.25) is 14.7 Å². The van der Waals surface area contributed by atoms with Crippen molar-refractivity contribution in [1.82, 2.24) is 20.1 Å². The van der Waals surface area contributed by atoms with Gasteiger partial charge in [0.05, 0.1) is 6.67 Å². The maximum atomic E-state index is 13.5. The summed E-state index contributed by atoms with van der Waals surface area (Å²) in [6.07, 6.45) is 4.17. The number of imide groups is 1. The average Bonchev–Trinajstić information content (AvgIpc) is 3.00. The number of nitrogens with one attached hydrogen (secondary N) is 1. The van der Waals surface area contributed by atoms with Crippen LogP contribution in [-0.4, -0.2) is 59.6 Å². The predicted molar refractivity (Wildman–Crippen MR) is 116 cm³/mol. The molecular weight excluding hydrogens is 378 g/mol. The molecule has 2 saturated heterocycles. The van der Waals surface area contributed by atoms with E-state index in [0.717, 1.165) is 37.4 Å². The molecule has 2 aliphatic rings. The number of benzene rings is 1. The number of carbonyl (C=O) groups excluding carboxylic acids is 2. The number of hydrogen-bond acceptors (Lipinski definition) is 5. The van der Waals surface area contributed by atoms with Crippen LogP contribution in [0.5, 0.6) is 0 Å². The van der Waals surface area contributed by atoms with E-state index in [4.69, 9.17) is 0 Å². The average molecular weight is 408 g/mol. The highest BCUT2D eigenvalue weighted by molar-refractivity contribution is 6.07. The van der Waals surface area contributed by atoms with Gasteiger partial charge in [-0.25, -0.2) is 9.69 Å². The van der Waals surface area contributed by atoms with Gasteiger partial charge in [-0.1, -0.05) is 44.2 Å². The minimum Gasteiger partial charge on any atom is -0.369 e. The predicted octanol–water partition coefficient (Wildman–Crippen LogP) is 2.65. The lowest BCUT2D eigenvalue weighted by Crippen LogP contribution is -2.52. The van der Waals surface area contributed by atoms with Gasteiger partial charge in [-0.2, -0.15) is 0 Å². The fourth-order valence-corrected chi connectivity index (χ4v) is 4.44. The Hall–Kier alpha value is -2.93. The minimum atomic E-state index is -0.981. The smallest absolute Gasteiger partial charge is 0.326 e. The molecule has 3 heterocycles. The summed E-state index contributed by atoms with van der Waals surface area (Å²) >= 11 is 0. The summed E-state index contributed by atoms with van der Waals surface area (Å²) in [5.74, 6) is 0.113. The van der Waals surface area contributed by atoms with E-state index in [1.807, 2.05) is 42.5 Å². The third-order valence-electron chi connectivity index (χ3n) is 5.90. The molecule has 7 heteroatoms. The molecule has 1 aromatic carbocycles. The first kappa shape index (κ1) is 20.3. The molecule has 7 nitrogen and oxygen atoms in total. The van der Waals surface area contributed by atoms with Gasteiger partial charge < -0.3 is 10.2 Å². The largest absolute Gasteiger partial charge is 0.369 e. The highest BCUT2D eigenvalue weighted by Gasteiger charge is 2.52. The van der Waals surface area contributed by atoms with Crippen molar-refractivity contribution in [2.24, 2.45) is 5.92 Å². The molecule has 4 rings (SSSR count). The molecule has 0 aliphatic carbocycles. The van der Waals surface area contributed by atoms with Gasteiger partial charge in [0.25, 0.3) is 5.91 Å². The topological polar surface area (TPSA) is 68.8 Å². The van der Waals surface area contributed by atoms with E-state index in [9.17, 15) is 9.59 Å². The van der Waals surface area contributed by atoms with Crippen LogP contribution in [0.25, 0.3) is 0 Å². The van der Waals surface area contributed by atoms with E-state index in [1.54, 1.807) is 12.4 Å². The highest BCUT2D eigenvalue weighted by atomic mass is 16.2. The molecule has 0 spiro atoms. The first-order chi connectivity index (χ1) is 14.5. The van der Waals surface area contributed by atoms with Crippen LogP contribution in [0, 0.1) is 5.92 Å². The number of piperazine rings is 1. The highest BCUT2D eigenvalue weighted by Crippen LogP contribution is 2.35. The van der Waals surface area contributed by atoms with Crippen molar-refractivity contribution in [3.63, 3.8) is 0 Å². The third kappa shape index (κ3) is 3.89. The van der Waals surface area contributed by atoms with E-state index in [2.05, 4.69) is 33.9 Å². The lowest BCUT2D eigenvalue weighted by atomic mass is 9.82. The third-order valence-corrected chi connectivity index (χ3v) is 5.90. The Morgan fingerprint density at radius 1 is 1.00 bits per heavy atom. The van der Waals surface area contributed by atoms with Crippen LogP contribution in [0.2, 0.25) is 0 Å². The lowest BCUT2D eigenvalue weighted by Gasteiger charge is -2.37. The van der Waals surface area contributed by atoms with Gasteiger partial charge in [-0.05, 0) is 30.0 Å². The molecule has 1 N–H and O–H groups in total. The number of hydrogen-bond donors (Lipinski definition) is 1. The molecule has 2 fully saturated rings. The number of carbonyl (C=O) groups is 2. The molecule has 3 amide bonds. The van der Waals surface area contributed by atoms with Gasteiger partial charge in [0.15, 0.2) is 0 Å². The molecule has 0 radical (unpaired) electrons. The first-order valence-corrected chi connectivity index (χ1v) is 10.6. The number of nitrogens with zero attached hydrogens (tertiary/aromatic N) is 4. The molecule has 0 unspecified atom stereocenters. The lowest BCUT2D eigenvalue weighted by molar-refractivity contribution is -0.133. The first-order valence-electron chi connectivity index (χ1n) is 10.6. The van der Waals surface area contributed by atoms with E-state index in [1.165, 1.54) is 4.90 Å². The number of pyridine rings is 1. The Kier molecular flexibility index (Phi) is 5.72. The van der Waals surface area contributed by atoms with Crippen molar-refractivity contribution in [2.75, 3.05) is 37.7 Å². The molecule has 2 aliphatic heterocycles. The Labute approximate surface area is 177 Å². The number of rotatable bonds is 6. The second kappa shape index (κ2) is 8.44. The number of anilines is 1. The summed E-state index contributed by atoms with van der Waals surface area (Å²) in [5, 5.41) is 3.03. The van der Waals surface area contributed by atoms with Crippen LogP contribution in [0.15, 0.2) is 54.9 Å². The van der Waals surface area contributed by atoms with Crippen molar-refractivity contribution in [1.29, 1.82) is 0 Å². The SMILES string of the molecule is CC(C)C[C@@]1(c2ccccc2)NC(=O)N(CN2CCN(c3ccncc3)CC2)C1=O. The standard InChI is InChI=1S/C23H29N5O2/c1-18(2)16-23(19-6-4-3-5-7-19)21(29)28(22(30)25-23)17-26-12-14-27(15-13-26)20-8-10-24-11-9-20/h3-11,18H,12-17H2,1-2H3,(H,25,30)/t23-/m0/s1. The maximum absolute atomic E-state index is 13.5. The van der Waals surface area contributed by atoms with Crippen LogP contribution in [-0.2, 0) is 10.3 Å². The van der Waals surface area contributed by atoms with Gasteiger partial charge in [-0.15, -0.1) is 0 Å². The van der Waals surface area contributed by atoms with E-state index in [-0.39, 0.29) is 17.9 Å². The molecular formula is C23H29N5O2. The fraction of sp³-hybridized carbons (Fsp3) is 0.435. The van der Waals surface area contributed by atoms with Crippen LogP contribution in [0.3, 0.4) is 0 Å². The molecule has 1 aromatic heterocycles. The Morgan fingerprint density at radius 2 is 1.67 bits per heavy atom. The molecule has 158 valence electrons. The van der Waals surface area contributed by atoms with Crippen molar-refractivity contribution >= 4 is 17.6 Å². The fourth-order valence-electron chi connectivity index (χ4n) is 4.44. The molecule has 30 heavy (non-hydrogen) atoms. The van der Waals surface area contributed by atoms with Gasteiger partial charge in [0.2, 0.25) is 0 Å². The summed E-state index contributed by atoms with van der Waals surface area (Å²) in [5.41, 5.74) is 1.02. The monoisotopic (exact) mass is 407 g/mol. The molecule has 0 saturated carbocycles. The van der Waals surface area contributed by atoms with Crippen molar-refractivity contribution in [2.45, 2.75) is 25.8 Å². The summed E-state index contributed by atoms with van der Waals surface area (Å²) in [4.78, 5) is 36.3. The van der Waals surface area contributed by atoms with Crippen LogP contribution in [0.4, 0.5) is 10.5 Å². The summed E-state index contributed by atoms with van der Waals surface area (Å²) in [6, 6.07) is 13.3. The molecule has 1 atom stereocenters. The van der Waals surface area contributed by atoms with Gasteiger partial charge in [0.1, 0.15) is 5.54 Å². The van der Waals surface area contributed by atoms with Crippen LogP contribution in [0.1, 0.15) is 25.8 Å². The van der Waals surface area contributed by atoms with Crippen LogP contribution < -0.4 is 10.2 Å². The van der Waals surface area contributed by atoms with Crippen molar-refractivity contribution in [3.8, 4) is 0 Å². The molecule has 2 aromatic rings. The van der Waals surface area contributed by atoms with Gasteiger partial charge >= 0.3 is 6.03 Å². The van der Waals surface area contributed by atoms with E-state index < -0.39 is 5.54 Å².